The highest BCUT2D eigenvalue weighted by molar-refractivity contribution is 5.99. The van der Waals surface area contributed by atoms with E-state index in [0.29, 0.717) is 18.0 Å². The van der Waals surface area contributed by atoms with Crippen LogP contribution in [0.4, 0.5) is 11.4 Å². The molecule has 0 radical (unpaired) electrons. The van der Waals surface area contributed by atoms with E-state index in [1.54, 1.807) is 4.90 Å². The van der Waals surface area contributed by atoms with Crippen LogP contribution in [0.5, 0.6) is 5.75 Å². The van der Waals surface area contributed by atoms with Gasteiger partial charge in [0.2, 0.25) is 5.91 Å². The zero-order chi connectivity index (χ0) is 24.7. The molecule has 2 amide bonds. The number of nitrogens with one attached hydrogen (secondary N) is 1. The van der Waals surface area contributed by atoms with Gasteiger partial charge in [-0.3, -0.25) is 19.4 Å². The Labute approximate surface area is 212 Å². The third kappa shape index (κ3) is 6.11. The molecule has 186 valence electrons. The van der Waals surface area contributed by atoms with E-state index in [-0.39, 0.29) is 24.8 Å². The maximum absolute atomic E-state index is 12.5. The van der Waals surface area contributed by atoms with E-state index >= 15 is 0 Å². The van der Waals surface area contributed by atoms with Crippen LogP contribution in [0.25, 0.3) is 0 Å². The molecule has 1 N–H and O–H groups in total. The van der Waals surface area contributed by atoms with E-state index < -0.39 is 0 Å². The molecule has 7 nitrogen and oxygen atoms in total. The molecule has 1 saturated heterocycles. The molecule has 2 aliphatic heterocycles. The third-order valence-corrected chi connectivity index (χ3v) is 6.73. The lowest BCUT2D eigenvalue weighted by molar-refractivity contribution is -0.121. The number of benzene rings is 3. The maximum atomic E-state index is 12.5. The number of nitrogens with zero attached hydrogens (tertiary/aromatic N) is 3. The average molecular weight is 485 g/mol. The van der Waals surface area contributed by atoms with Gasteiger partial charge in [-0.15, -0.1) is 0 Å². The Balaban J connectivity index is 1.06. The average Bonchev–Trinajstić information content (AvgIpc) is 2.91. The Morgan fingerprint density at radius 2 is 1.39 bits per heavy atom. The van der Waals surface area contributed by atoms with E-state index in [2.05, 4.69) is 57.6 Å². The van der Waals surface area contributed by atoms with Gasteiger partial charge in [0, 0.05) is 57.9 Å². The van der Waals surface area contributed by atoms with Crippen molar-refractivity contribution in [3.8, 4) is 5.75 Å². The quantitative estimate of drug-likeness (QED) is 0.528. The lowest BCUT2D eigenvalue weighted by Crippen LogP contribution is -2.45. The first-order chi connectivity index (χ1) is 17.6. The van der Waals surface area contributed by atoms with Crippen LogP contribution in [-0.4, -0.2) is 60.9 Å². The topological polar surface area (TPSA) is 65.1 Å². The van der Waals surface area contributed by atoms with E-state index in [1.165, 1.54) is 11.1 Å². The van der Waals surface area contributed by atoms with Crippen LogP contribution in [0.15, 0.2) is 78.9 Å². The molecule has 3 aromatic rings. The number of fused-ring (bicyclic) bond motifs is 1. The molecule has 0 aliphatic carbocycles. The smallest absolute Gasteiger partial charge is 0.265 e. The second-order valence-corrected chi connectivity index (χ2v) is 9.33. The number of carbonyl (C=O) groups excluding carboxylic acids is 2. The largest absolute Gasteiger partial charge is 0.482 e. The lowest BCUT2D eigenvalue weighted by Gasteiger charge is -2.34. The monoisotopic (exact) mass is 484 g/mol. The molecule has 1 fully saturated rings. The number of anilines is 2. The first-order valence-corrected chi connectivity index (χ1v) is 12.5. The molecule has 5 rings (SSSR count). The van der Waals surface area contributed by atoms with Gasteiger partial charge in [0.05, 0.1) is 5.69 Å². The first kappa shape index (κ1) is 24.0. The summed E-state index contributed by atoms with van der Waals surface area (Å²) in [5, 5.41) is 2.95. The van der Waals surface area contributed by atoms with Crippen molar-refractivity contribution in [3.05, 3.63) is 90.0 Å². The molecule has 2 aliphatic rings. The van der Waals surface area contributed by atoms with Gasteiger partial charge in [0.25, 0.3) is 5.91 Å². The number of para-hydroxylation sites is 2. The van der Waals surface area contributed by atoms with Gasteiger partial charge in [0.15, 0.2) is 6.61 Å². The van der Waals surface area contributed by atoms with Gasteiger partial charge in [-0.2, -0.15) is 0 Å². The van der Waals surface area contributed by atoms with Crippen molar-refractivity contribution < 1.29 is 14.3 Å². The lowest BCUT2D eigenvalue weighted by atomic mass is 10.1. The van der Waals surface area contributed by atoms with Crippen LogP contribution in [-0.2, 0) is 22.7 Å². The number of carbonyl (C=O) groups is 2. The van der Waals surface area contributed by atoms with Gasteiger partial charge in [-0.25, -0.2) is 0 Å². The highest BCUT2D eigenvalue weighted by Crippen LogP contribution is 2.31. The molecule has 0 spiro atoms. The van der Waals surface area contributed by atoms with Gasteiger partial charge in [0.1, 0.15) is 5.75 Å². The summed E-state index contributed by atoms with van der Waals surface area (Å²) in [6, 6.07) is 26.1. The minimum atomic E-state index is -0.133. The highest BCUT2D eigenvalue weighted by atomic mass is 16.5. The fourth-order valence-corrected chi connectivity index (χ4v) is 4.73. The molecular weight excluding hydrogens is 452 g/mol. The second-order valence-electron chi connectivity index (χ2n) is 9.33. The number of amides is 2. The van der Waals surface area contributed by atoms with E-state index in [9.17, 15) is 9.59 Å². The fourth-order valence-electron chi connectivity index (χ4n) is 4.73. The Morgan fingerprint density at radius 1 is 0.778 bits per heavy atom. The summed E-state index contributed by atoms with van der Waals surface area (Å²) in [4.78, 5) is 31.4. The number of hydrogen-bond acceptors (Lipinski definition) is 5. The van der Waals surface area contributed by atoms with Crippen molar-refractivity contribution in [1.29, 1.82) is 0 Å². The molecule has 0 aromatic heterocycles. The van der Waals surface area contributed by atoms with E-state index in [1.807, 2.05) is 36.4 Å². The number of hydrogen-bond donors (Lipinski definition) is 1. The third-order valence-electron chi connectivity index (χ3n) is 6.73. The van der Waals surface area contributed by atoms with Crippen LogP contribution < -0.4 is 15.0 Å². The predicted molar refractivity (Wildman–Crippen MR) is 141 cm³/mol. The van der Waals surface area contributed by atoms with Crippen molar-refractivity contribution in [2.45, 2.75) is 19.5 Å². The van der Waals surface area contributed by atoms with Gasteiger partial charge >= 0.3 is 0 Å². The van der Waals surface area contributed by atoms with E-state index in [4.69, 9.17) is 4.74 Å². The SMILES string of the molecule is O=C(CCN1C(=O)COc2ccccc21)Nc1ccc(CN2CCN(Cc3ccccc3)CC2)cc1. The van der Waals surface area contributed by atoms with Crippen molar-refractivity contribution in [2.75, 3.05) is 49.5 Å². The zero-order valence-electron chi connectivity index (χ0n) is 20.4. The normalized spacial score (nSPS) is 16.3. The van der Waals surface area contributed by atoms with Gasteiger partial charge < -0.3 is 15.0 Å². The Bertz CT molecular complexity index is 1170. The van der Waals surface area contributed by atoms with Gasteiger partial charge in [-0.05, 0) is 35.4 Å². The Hall–Kier alpha value is -3.68. The molecule has 36 heavy (non-hydrogen) atoms. The van der Waals surface area contributed by atoms with Crippen LogP contribution in [0.1, 0.15) is 17.5 Å². The summed E-state index contributed by atoms with van der Waals surface area (Å²) in [7, 11) is 0. The van der Waals surface area contributed by atoms with Crippen molar-refractivity contribution in [1.82, 2.24) is 9.80 Å². The maximum Gasteiger partial charge on any atom is 0.265 e. The second kappa shape index (κ2) is 11.4. The van der Waals surface area contributed by atoms with Crippen LogP contribution in [0, 0.1) is 0 Å². The minimum Gasteiger partial charge on any atom is -0.482 e. The van der Waals surface area contributed by atoms with Crippen molar-refractivity contribution in [3.63, 3.8) is 0 Å². The van der Waals surface area contributed by atoms with Crippen molar-refractivity contribution in [2.24, 2.45) is 0 Å². The number of rotatable bonds is 8. The van der Waals surface area contributed by atoms with Crippen LogP contribution in [0.3, 0.4) is 0 Å². The summed E-state index contributed by atoms with van der Waals surface area (Å²) >= 11 is 0. The summed E-state index contributed by atoms with van der Waals surface area (Å²) in [6.07, 6.45) is 0.217. The molecule has 0 saturated carbocycles. The Kier molecular flexibility index (Phi) is 7.59. The molecular formula is C29H32N4O3. The summed E-state index contributed by atoms with van der Waals surface area (Å²) in [6.45, 7) is 6.48. The summed E-state index contributed by atoms with van der Waals surface area (Å²) in [5.41, 5.74) is 4.09. The molecule has 2 heterocycles. The Morgan fingerprint density at radius 3 is 2.08 bits per heavy atom. The molecule has 7 heteroatoms. The molecule has 0 atom stereocenters. The fraction of sp³-hybridized carbons (Fsp3) is 0.310. The number of ether oxygens (including phenoxy) is 1. The first-order valence-electron chi connectivity index (χ1n) is 12.5. The minimum absolute atomic E-state index is 0.00215. The highest BCUT2D eigenvalue weighted by Gasteiger charge is 2.25. The van der Waals surface area contributed by atoms with Crippen LogP contribution in [0.2, 0.25) is 0 Å². The van der Waals surface area contributed by atoms with E-state index in [0.717, 1.165) is 45.0 Å². The number of piperazine rings is 1. The summed E-state index contributed by atoms with van der Waals surface area (Å²) in [5.74, 6) is 0.423. The molecule has 0 bridgehead atoms. The molecule has 3 aromatic carbocycles. The standard InChI is InChI=1S/C29H32N4O3/c34-28(14-15-33-26-8-4-5-9-27(26)36-22-29(33)35)30-25-12-10-24(11-13-25)21-32-18-16-31(17-19-32)20-23-6-2-1-3-7-23/h1-13H,14-22H2,(H,30,34). The van der Waals surface area contributed by atoms with Crippen molar-refractivity contribution >= 4 is 23.2 Å². The molecule has 0 unspecified atom stereocenters. The zero-order valence-corrected chi connectivity index (χ0v) is 20.4. The summed E-state index contributed by atoms with van der Waals surface area (Å²) < 4.78 is 5.47. The predicted octanol–water partition coefficient (Wildman–Crippen LogP) is 3.76. The van der Waals surface area contributed by atoms with Crippen LogP contribution >= 0.6 is 0 Å². The van der Waals surface area contributed by atoms with Gasteiger partial charge in [-0.1, -0.05) is 54.6 Å².